The van der Waals surface area contributed by atoms with Crippen molar-refractivity contribution in [2.75, 3.05) is 0 Å². The van der Waals surface area contributed by atoms with Gasteiger partial charge in [-0.1, -0.05) is 52.4 Å². The molecule has 0 aromatic heterocycles. The van der Waals surface area contributed by atoms with E-state index in [2.05, 4.69) is 15.9 Å². The Labute approximate surface area is 120 Å². The Kier molecular flexibility index (Phi) is 4.33. The van der Waals surface area contributed by atoms with Gasteiger partial charge >= 0.3 is 0 Å². The molecular weight excluding hydrogens is 310 g/mol. The summed E-state index contributed by atoms with van der Waals surface area (Å²) < 4.78 is 6.70. The highest BCUT2D eigenvalue weighted by atomic mass is 79.9. The van der Waals surface area contributed by atoms with Crippen LogP contribution in [0.15, 0.2) is 53.0 Å². The first-order valence-electron chi connectivity index (χ1n) is 5.42. The second-order valence-corrected chi connectivity index (χ2v) is 5.16. The first-order chi connectivity index (χ1) is 8.65. The Hall–Kier alpha value is -1.39. The van der Waals surface area contributed by atoms with Crippen LogP contribution in [0.4, 0.5) is 0 Å². The van der Waals surface area contributed by atoms with Gasteiger partial charge in [0.1, 0.15) is 17.3 Å². The summed E-state index contributed by atoms with van der Waals surface area (Å²) in [5, 5.41) is 0. The van der Waals surface area contributed by atoms with Crippen LogP contribution in [0.5, 0.6) is 5.75 Å². The number of hydrogen-bond donors (Lipinski definition) is 1. The third-order valence-corrected chi connectivity index (χ3v) is 3.22. The van der Waals surface area contributed by atoms with E-state index < -0.39 is 0 Å². The third-order valence-electron chi connectivity index (χ3n) is 2.46. The van der Waals surface area contributed by atoms with Gasteiger partial charge in [0.15, 0.2) is 0 Å². The SMILES string of the molecule is NC(=S)c1ccc(COc2ccc(Br)cc2)cc1. The smallest absolute Gasteiger partial charge is 0.119 e. The topological polar surface area (TPSA) is 35.2 Å². The quantitative estimate of drug-likeness (QED) is 0.873. The first-order valence-corrected chi connectivity index (χ1v) is 6.62. The number of rotatable bonds is 4. The molecule has 0 atom stereocenters. The number of halogens is 1. The fraction of sp³-hybridized carbons (Fsp3) is 0.0714. The molecular formula is C14H12BrNOS. The van der Waals surface area contributed by atoms with Gasteiger partial charge in [0.2, 0.25) is 0 Å². The normalized spacial score (nSPS) is 10.1. The highest BCUT2D eigenvalue weighted by molar-refractivity contribution is 9.10. The molecule has 18 heavy (non-hydrogen) atoms. The second kappa shape index (κ2) is 5.98. The molecule has 0 aliphatic heterocycles. The Balaban J connectivity index is 1.97. The van der Waals surface area contributed by atoms with Gasteiger partial charge in [-0.2, -0.15) is 0 Å². The van der Waals surface area contributed by atoms with E-state index in [4.69, 9.17) is 22.7 Å². The van der Waals surface area contributed by atoms with Gasteiger partial charge in [0.05, 0.1) is 0 Å². The summed E-state index contributed by atoms with van der Waals surface area (Å²) in [6.07, 6.45) is 0. The summed E-state index contributed by atoms with van der Waals surface area (Å²) in [5.74, 6) is 0.844. The molecule has 2 rings (SSSR count). The van der Waals surface area contributed by atoms with E-state index in [9.17, 15) is 0 Å². The Morgan fingerprint density at radius 1 is 1.06 bits per heavy atom. The predicted molar refractivity (Wildman–Crippen MR) is 80.8 cm³/mol. The molecule has 0 heterocycles. The lowest BCUT2D eigenvalue weighted by Crippen LogP contribution is -2.09. The molecule has 2 aromatic carbocycles. The molecule has 0 fully saturated rings. The number of benzene rings is 2. The molecule has 0 amide bonds. The van der Waals surface area contributed by atoms with Crippen molar-refractivity contribution in [2.45, 2.75) is 6.61 Å². The molecule has 2 aromatic rings. The molecule has 0 unspecified atom stereocenters. The van der Waals surface area contributed by atoms with Crippen LogP contribution in [0.25, 0.3) is 0 Å². The zero-order chi connectivity index (χ0) is 13.0. The van der Waals surface area contributed by atoms with E-state index in [0.29, 0.717) is 11.6 Å². The highest BCUT2D eigenvalue weighted by Crippen LogP contribution is 2.17. The third kappa shape index (κ3) is 3.55. The zero-order valence-electron chi connectivity index (χ0n) is 9.60. The first kappa shape index (κ1) is 13.1. The summed E-state index contributed by atoms with van der Waals surface area (Å²) in [6.45, 7) is 0.527. The summed E-state index contributed by atoms with van der Waals surface area (Å²) in [6, 6.07) is 15.5. The maximum Gasteiger partial charge on any atom is 0.119 e. The maximum atomic E-state index is 5.66. The Bertz CT molecular complexity index is 537. The molecule has 2 nitrogen and oxygen atoms in total. The van der Waals surface area contributed by atoms with Crippen LogP contribution in [0, 0.1) is 0 Å². The molecule has 0 spiro atoms. The number of nitrogens with two attached hydrogens (primary N) is 1. The standard InChI is InChI=1S/C14H12BrNOS/c15-12-5-7-13(8-6-12)17-9-10-1-3-11(4-2-10)14(16)18/h1-8H,9H2,(H2,16,18). The zero-order valence-corrected chi connectivity index (χ0v) is 12.0. The van der Waals surface area contributed by atoms with Gasteiger partial charge in [-0.15, -0.1) is 0 Å². The van der Waals surface area contributed by atoms with Gasteiger partial charge in [0.25, 0.3) is 0 Å². The molecule has 0 bridgehead atoms. The molecule has 0 aliphatic carbocycles. The van der Waals surface area contributed by atoms with Crippen LogP contribution < -0.4 is 10.5 Å². The number of hydrogen-bond acceptors (Lipinski definition) is 2. The monoisotopic (exact) mass is 321 g/mol. The van der Waals surface area contributed by atoms with Crippen LogP contribution in [0.2, 0.25) is 0 Å². The van der Waals surface area contributed by atoms with Gasteiger partial charge in [0, 0.05) is 10.0 Å². The summed E-state index contributed by atoms with van der Waals surface area (Å²) in [4.78, 5) is 0.412. The minimum absolute atomic E-state index is 0.412. The van der Waals surface area contributed by atoms with Crippen LogP contribution in [0.3, 0.4) is 0 Å². The van der Waals surface area contributed by atoms with Gasteiger partial charge in [-0.3, -0.25) is 0 Å². The van der Waals surface area contributed by atoms with Crippen molar-refractivity contribution in [1.29, 1.82) is 0 Å². The van der Waals surface area contributed by atoms with Crippen molar-refractivity contribution in [2.24, 2.45) is 5.73 Å². The van der Waals surface area contributed by atoms with Gasteiger partial charge in [-0.25, -0.2) is 0 Å². The fourth-order valence-electron chi connectivity index (χ4n) is 1.46. The Morgan fingerprint density at radius 3 is 2.22 bits per heavy atom. The van der Waals surface area contributed by atoms with Crippen LogP contribution >= 0.6 is 28.1 Å². The summed E-state index contributed by atoms with van der Waals surface area (Å²) >= 11 is 8.28. The number of thiocarbonyl (C=S) groups is 1. The van der Waals surface area contributed by atoms with Crippen LogP contribution in [0.1, 0.15) is 11.1 Å². The molecule has 0 saturated carbocycles. The molecule has 0 saturated heterocycles. The fourth-order valence-corrected chi connectivity index (χ4v) is 1.86. The largest absolute Gasteiger partial charge is 0.489 e. The lowest BCUT2D eigenvalue weighted by molar-refractivity contribution is 0.306. The predicted octanol–water partition coefficient (Wildman–Crippen LogP) is 3.66. The highest BCUT2D eigenvalue weighted by Gasteiger charge is 1.98. The van der Waals surface area contributed by atoms with Crippen LogP contribution in [-0.2, 0) is 6.61 Å². The molecule has 2 N–H and O–H groups in total. The van der Waals surface area contributed by atoms with E-state index in [1.165, 1.54) is 0 Å². The summed E-state index contributed by atoms with van der Waals surface area (Å²) in [7, 11) is 0. The molecule has 4 heteroatoms. The van der Waals surface area contributed by atoms with Crippen molar-refractivity contribution in [1.82, 2.24) is 0 Å². The minimum atomic E-state index is 0.412. The molecule has 92 valence electrons. The van der Waals surface area contributed by atoms with E-state index in [1.807, 2.05) is 48.5 Å². The Morgan fingerprint density at radius 2 is 1.67 bits per heavy atom. The lowest BCUT2D eigenvalue weighted by Gasteiger charge is -2.07. The summed E-state index contributed by atoms with van der Waals surface area (Å²) in [5.41, 5.74) is 7.49. The van der Waals surface area contributed by atoms with Crippen molar-refractivity contribution in [3.05, 3.63) is 64.1 Å². The van der Waals surface area contributed by atoms with Gasteiger partial charge in [-0.05, 0) is 29.8 Å². The minimum Gasteiger partial charge on any atom is -0.489 e. The van der Waals surface area contributed by atoms with Crippen molar-refractivity contribution in [3.8, 4) is 5.75 Å². The van der Waals surface area contributed by atoms with E-state index >= 15 is 0 Å². The van der Waals surface area contributed by atoms with Crippen molar-refractivity contribution in [3.63, 3.8) is 0 Å². The van der Waals surface area contributed by atoms with Crippen LogP contribution in [-0.4, -0.2) is 4.99 Å². The van der Waals surface area contributed by atoms with E-state index in [1.54, 1.807) is 0 Å². The average Bonchev–Trinajstić information content (AvgIpc) is 2.38. The van der Waals surface area contributed by atoms with E-state index in [-0.39, 0.29) is 0 Å². The molecule has 0 aliphatic rings. The second-order valence-electron chi connectivity index (χ2n) is 3.80. The van der Waals surface area contributed by atoms with Gasteiger partial charge < -0.3 is 10.5 Å². The lowest BCUT2D eigenvalue weighted by atomic mass is 10.1. The average molecular weight is 322 g/mol. The van der Waals surface area contributed by atoms with Crippen molar-refractivity contribution >= 4 is 33.1 Å². The molecule has 0 radical (unpaired) electrons. The van der Waals surface area contributed by atoms with Crippen molar-refractivity contribution < 1.29 is 4.74 Å². The maximum absolute atomic E-state index is 5.66. The number of ether oxygens (including phenoxy) is 1. The van der Waals surface area contributed by atoms with E-state index in [0.717, 1.165) is 21.3 Å².